The number of alkyl halides is 3. The van der Waals surface area contributed by atoms with E-state index in [1.807, 2.05) is 0 Å². The molecule has 190 valence electrons. The number of amides is 2. The summed E-state index contributed by atoms with van der Waals surface area (Å²) in [5.74, 6) is -0.900. The molecular weight excluding hydrogens is 465 g/mol. The maximum Gasteiger partial charge on any atom is 0.416 e. The van der Waals surface area contributed by atoms with Gasteiger partial charge in [-0.25, -0.2) is 4.98 Å². The standard InChI is InChI=1S/C24H29F3N4O4/c1-13(2)19(30-22(33)20-21(32)29-15(4)14(3)28-20)23(34)31-11-9-18(10-12-31)35-17-7-5-16(6-8-17)24(25,26)27/h5-8,13,18-19H,9-12H2,1-4H3,(H,29,32)(H,30,33)/t19-/m0/s1. The molecule has 0 radical (unpaired) electrons. The predicted octanol–water partition coefficient (Wildman–Crippen LogP) is 3.23. The number of aromatic amines is 1. The normalized spacial score (nSPS) is 15.7. The van der Waals surface area contributed by atoms with Crippen LogP contribution in [0.1, 0.15) is 54.1 Å². The number of ether oxygens (including phenoxy) is 1. The molecule has 0 saturated carbocycles. The number of aromatic nitrogens is 2. The van der Waals surface area contributed by atoms with E-state index in [1.54, 1.807) is 32.6 Å². The van der Waals surface area contributed by atoms with Gasteiger partial charge >= 0.3 is 6.18 Å². The second kappa shape index (κ2) is 10.5. The molecule has 0 spiro atoms. The smallest absolute Gasteiger partial charge is 0.416 e. The summed E-state index contributed by atoms with van der Waals surface area (Å²) in [5, 5.41) is 2.65. The van der Waals surface area contributed by atoms with Crippen molar-refractivity contribution in [1.29, 1.82) is 0 Å². The number of benzene rings is 1. The number of rotatable bonds is 6. The van der Waals surface area contributed by atoms with Crippen LogP contribution in [0.15, 0.2) is 29.1 Å². The molecule has 0 bridgehead atoms. The Hall–Kier alpha value is -3.37. The number of carbonyl (C=O) groups excluding carboxylic acids is 2. The lowest BCUT2D eigenvalue weighted by Crippen LogP contribution is -2.54. The zero-order chi connectivity index (χ0) is 25.9. The van der Waals surface area contributed by atoms with Gasteiger partial charge in [0.1, 0.15) is 17.9 Å². The van der Waals surface area contributed by atoms with Crippen LogP contribution in [0.3, 0.4) is 0 Å². The largest absolute Gasteiger partial charge is 0.490 e. The molecule has 8 nitrogen and oxygen atoms in total. The maximum atomic E-state index is 13.2. The molecule has 11 heteroatoms. The second-order valence-electron chi connectivity index (χ2n) is 8.98. The molecular formula is C24H29F3N4O4. The van der Waals surface area contributed by atoms with Crippen LogP contribution in [0, 0.1) is 19.8 Å². The molecule has 3 rings (SSSR count). The lowest BCUT2D eigenvalue weighted by atomic mass is 10.00. The first-order valence-corrected chi connectivity index (χ1v) is 11.4. The van der Waals surface area contributed by atoms with Crippen molar-refractivity contribution in [3.63, 3.8) is 0 Å². The van der Waals surface area contributed by atoms with Gasteiger partial charge in [-0.15, -0.1) is 0 Å². The summed E-state index contributed by atoms with van der Waals surface area (Å²) in [6, 6.07) is 3.66. The van der Waals surface area contributed by atoms with E-state index in [0.717, 1.165) is 12.1 Å². The summed E-state index contributed by atoms with van der Waals surface area (Å²) in [5.41, 5.74) is -0.594. The number of carbonyl (C=O) groups is 2. The minimum Gasteiger partial charge on any atom is -0.490 e. The summed E-state index contributed by atoms with van der Waals surface area (Å²) >= 11 is 0. The Morgan fingerprint density at radius 1 is 1.14 bits per heavy atom. The molecule has 35 heavy (non-hydrogen) atoms. The number of likely N-dealkylation sites (tertiary alicyclic amines) is 1. The van der Waals surface area contributed by atoms with Crippen LogP contribution in [-0.2, 0) is 11.0 Å². The molecule has 1 aromatic carbocycles. The molecule has 1 aliphatic heterocycles. The minimum absolute atomic E-state index is 0.238. The topological polar surface area (TPSA) is 104 Å². The molecule has 1 aliphatic rings. The van der Waals surface area contributed by atoms with Gasteiger partial charge in [-0.3, -0.25) is 14.4 Å². The van der Waals surface area contributed by atoms with Crippen LogP contribution in [0.4, 0.5) is 13.2 Å². The van der Waals surface area contributed by atoms with Crippen molar-refractivity contribution >= 4 is 11.8 Å². The SMILES string of the molecule is Cc1nc(C(=O)N[C@H](C(=O)N2CCC(Oc3ccc(C(F)(F)F)cc3)CC2)C(C)C)c(=O)[nH]c1C. The summed E-state index contributed by atoms with van der Waals surface area (Å²) in [4.78, 5) is 46.3. The van der Waals surface area contributed by atoms with Crippen molar-refractivity contribution in [2.24, 2.45) is 5.92 Å². The quantitative estimate of drug-likeness (QED) is 0.642. The van der Waals surface area contributed by atoms with Crippen LogP contribution >= 0.6 is 0 Å². The van der Waals surface area contributed by atoms with Crippen molar-refractivity contribution < 1.29 is 27.5 Å². The van der Waals surface area contributed by atoms with E-state index < -0.39 is 29.2 Å². The number of piperidine rings is 1. The van der Waals surface area contributed by atoms with Crippen LogP contribution in [0.25, 0.3) is 0 Å². The number of nitrogens with one attached hydrogen (secondary N) is 2. The summed E-state index contributed by atoms with van der Waals surface area (Å²) in [6.45, 7) is 7.67. The molecule has 1 aromatic heterocycles. The van der Waals surface area contributed by atoms with Crippen LogP contribution < -0.4 is 15.6 Å². The first-order valence-electron chi connectivity index (χ1n) is 11.4. The first kappa shape index (κ1) is 26.2. The second-order valence-corrected chi connectivity index (χ2v) is 8.98. The van der Waals surface area contributed by atoms with E-state index in [2.05, 4.69) is 15.3 Å². The van der Waals surface area contributed by atoms with Crippen LogP contribution in [0.2, 0.25) is 0 Å². The number of hydrogen-bond donors (Lipinski definition) is 2. The minimum atomic E-state index is -4.41. The van der Waals surface area contributed by atoms with Gasteiger partial charge in [-0.05, 0) is 44.0 Å². The van der Waals surface area contributed by atoms with Gasteiger partial charge in [0.25, 0.3) is 11.5 Å². The third-order valence-electron chi connectivity index (χ3n) is 6.01. The first-order chi connectivity index (χ1) is 16.4. The summed E-state index contributed by atoms with van der Waals surface area (Å²) in [6.07, 6.45) is -3.68. The van der Waals surface area contributed by atoms with E-state index >= 15 is 0 Å². The summed E-state index contributed by atoms with van der Waals surface area (Å²) < 4.78 is 44.0. The van der Waals surface area contributed by atoms with Gasteiger partial charge in [0.05, 0.1) is 11.3 Å². The van der Waals surface area contributed by atoms with Crippen molar-refractivity contribution in [3.05, 3.63) is 57.3 Å². The van der Waals surface area contributed by atoms with Gasteiger partial charge in [-0.1, -0.05) is 13.8 Å². The fourth-order valence-corrected chi connectivity index (χ4v) is 3.80. The lowest BCUT2D eigenvalue weighted by molar-refractivity contribution is -0.137. The zero-order valence-corrected chi connectivity index (χ0v) is 20.0. The molecule has 2 aromatic rings. The van der Waals surface area contributed by atoms with E-state index in [-0.39, 0.29) is 23.6 Å². The van der Waals surface area contributed by atoms with Crippen molar-refractivity contribution in [3.8, 4) is 5.75 Å². The van der Waals surface area contributed by atoms with Gasteiger partial charge in [0, 0.05) is 31.6 Å². The molecule has 1 fully saturated rings. The maximum absolute atomic E-state index is 13.2. The number of halogens is 3. The predicted molar refractivity (Wildman–Crippen MR) is 122 cm³/mol. The molecule has 1 saturated heterocycles. The Bertz CT molecular complexity index is 1120. The van der Waals surface area contributed by atoms with Gasteiger partial charge in [-0.2, -0.15) is 13.2 Å². The van der Waals surface area contributed by atoms with Gasteiger partial charge in [0.2, 0.25) is 5.91 Å². The summed E-state index contributed by atoms with van der Waals surface area (Å²) in [7, 11) is 0. The number of H-pyrrole nitrogens is 1. The fourth-order valence-electron chi connectivity index (χ4n) is 3.80. The average Bonchev–Trinajstić information content (AvgIpc) is 2.79. The zero-order valence-electron chi connectivity index (χ0n) is 20.0. The van der Waals surface area contributed by atoms with E-state index in [9.17, 15) is 27.6 Å². The Morgan fingerprint density at radius 3 is 2.29 bits per heavy atom. The Balaban J connectivity index is 1.60. The van der Waals surface area contributed by atoms with Crippen molar-refractivity contribution in [1.82, 2.24) is 20.2 Å². The highest BCUT2D eigenvalue weighted by molar-refractivity contribution is 5.96. The highest BCUT2D eigenvalue weighted by Gasteiger charge is 2.33. The number of hydrogen-bond acceptors (Lipinski definition) is 5. The molecule has 1 atom stereocenters. The molecule has 2 amide bonds. The fraction of sp³-hybridized carbons (Fsp3) is 0.500. The molecule has 0 aliphatic carbocycles. The van der Waals surface area contributed by atoms with Gasteiger partial charge < -0.3 is 19.9 Å². The van der Waals surface area contributed by atoms with E-state index in [1.165, 1.54) is 12.1 Å². The third kappa shape index (κ3) is 6.40. The average molecular weight is 495 g/mol. The Morgan fingerprint density at radius 2 is 1.74 bits per heavy atom. The lowest BCUT2D eigenvalue weighted by Gasteiger charge is -2.35. The molecule has 2 N–H and O–H groups in total. The van der Waals surface area contributed by atoms with E-state index in [4.69, 9.17) is 4.74 Å². The Labute approximate surface area is 200 Å². The van der Waals surface area contributed by atoms with E-state index in [0.29, 0.717) is 43.1 Å². The van der Waals surface area contributed by atoms with Gasteiger partial charge in [0.15, 0.2) is 5.69 Å². The van der Waals surface area contributed by atoms with Crippen molar-refractivity contribution in [2.75, 3.05) is 13.1 Å². The molecule has 2 heterocycles. The highest BCUT2D eigenvalue weighted by Crippen LogP contribution is 2.31. The highest BCUT2D eigenvalue weighted by atomic mass is 19.4. The monoisotopic (exact) mass is 494 g/mol. The third-order valence-corrected chi connectivity index (χ3v) is 6.01. The number of nitrogens with zero attached hydrogens (tertiary/aromatic N) is 2. The van der Waals surface area contributed by atoms with Crippen molar-refractivity contribution in [2.45, 2.75) is 58.9 Å². The number of aryl methyl sites for hydroxylation is 2. The van der Waals surface area contributed by atoms with Crippen LogP contribution in [-0.4, -0.2) is 51.9 Å². The molecule has 0 unspecified atom stereocenters. The Kier molecular flexibility index (Phi) is 7.86. The van der Waals surface area contributed by atoms with Crippen LogP contribution in [0.5, 0.6) is 5.75 Å².